The molecule has 0 fully saturated rings. The van der Waals surface area contributed by atoms with Gasteiger partial charge < -0.3 is 11.1 Å². The molecule has 0 aliphatic heterocycles. The standard InChI is InChI=1S/C16H25FN2O/c1-15(2,3)13(11-6-8-12(17)9-7-11)19-14(20)16(4,5)10-18/h6-9,13H,10,18H2,1-5H3,(H,19,20). The fourth-order valence-corrected chi connectivity index (χ4v) is 1.87. The Morgan fingerprint density at radius 1 is 1.20 bits per heavy atom. The number of amides is 1. The molecule has 0 aromatic heterocycles. The van der Waals surface area contributed by atoms with E-state index in [2.05, 4.69) is 5.32 Å². The van der Waals surface area contributed by atoms with E-state index in [1.54, 1.807) is 12.1 Å². The molecule has 3 nitrogen and oxygen atoms in total. The predicted molar refractivity (Wildman–Crippen MR) is 79.6 cm³/mol. The van der Waals surface area contributed by atoms with Gasteiger partial charge in [-0.1, -0.05) is 32.9 Å². The van der Waals surface area contributed by atoms with Crippen LogP contribution in [0.15, 0.2) is 24.3 Å². The number of hydrogen-bond donors (Lipinski definition) is 2. The fourth-order valence-electron chi connectivity index (χ4n) is 1.87. The van der Waals surface area contributed by atoms with Crippen molar-refractivity contribution < 1.29 is 9.18 Å². The Kier molecular flexibility index (Phi) is 4.92. The number of rotatable bonds is 4. The molecule has 0 aliphatic carbocycles. The Labute approximate surface area is 120 Å². The number of hydrogen-bond acceptors (Lipinski definition) is 2. The van der Waals surface area contributed by atoms with Crippen LogP contribution in [0.1, 0.15) is 46.2 Å². The molecule has 1 atom stereocenters. The smallest absolute Gasteiger partial charge is 0.227 e. The van der Waals surface area contributed by atoms with E-state index in [1.807, 2.05) is 34.6 Å². The van der Waals surface area contributed by atoms with Crippen LogP contribution in [-0.2, 0) is 4.79 Å². The molecule has 3 N–H and O–H groups in total. The van der Waals surface area contributed by atoms with E-state index >= 15 is 0 Å². The zero-order valence-electron chi connectivity index (χ0n) is 13.0. The van der Waals surface area contributed by atoms with Gasteiger partial charge in [-0.25, -0.2) is 4.39 Å². The zero-order valence-corrected chi connectivity index (χ0v) is 13.0. The Balaban J connectivity index is 3.04. The SMILES string of the molecule is CC(C)(CN)C(=O)NC(c1ccc(F)cc1)C(C)(C)C. The van der Waals surface area contributed by atoms with Crippen LogP contribution in [0, 0.1) is 16.6 Å². The largest absolute Gasteiger partial charge is 0.348 e. The Morgan fingerprint density at radius 3 is 2.10 bits per heavy atom. The number of benzene rings is 1. The topological polar surface area (TPSA) is 55.1 Å². The summed E-state index contributed by atoms with van der Waals surface area (Å²) >= 11 is 0. The van der Waals surface area contributed by atoms with Crippen LogP contribution >= 0.6 is 0 Å². The van der Waals surface area contributed by atoms with E-state index in [0.717, 1.165) is 5.56 Å². The fraction of sp³-hybridized carbons (Fsp3) is 0.562. The van der Waals surface area contributed by atoms with E-state index in [-0.39, 0.29) is 29.7 Å². The Morgan fingerprint density at radius 2 is 1.70 bits per heavy atom. The molecule has 0 spiro atoms. The summed E-state index contributed by atoms with van der Waals surface area (Å²) in [7, 11) is 0. The van der Waals surface area contributed by atoms with Gasteiger partial charge >= 0.3 is 0 Å². The van der Waals surface area contributed by atoms with E-state index in [9.17, 15) is 9.18 Å². The summed E-state index contributed by atoms with van der Waals surface area (Å²) in [6, 6.07) is 6.05. The number of carbonyl (C=O) groups excluding carboxylic acids is 1. The van der Waals surface area contributed by atoms with Crippen LogP contribution in [0.2, 0.25) is 0 Å². The minimum Gasteiger partial charge on any atom is -0.348 e. The number of carbonyl (C=O) groups is 1. The summed E-state index contributed by atoms with van der Waals surface area (Å²) < 4.78 is 13.0. The van der Waals surface area contributed by atoms with Crippen molar-refractivity contribution in [3.8, 4) is 0 Å². The number of nitrogens with two attached hydrogens (primary N) is 1. The van der Waals surface area contributed by atoms with Gasteiger partial charge in [-0.15, -0.1) is 0 Å². The average Bonchev–Trinajstić information content (AvgIpc) is 2.35. The highest BCUT2D eigenvalue weighted by Crippen LogP contribution is 2.33. The van der Waals surface area contributed by atoms with Crippen LogP contribution in [0.3, 0.4) is 0 Å². The minimum atomic E-state index is -0.621. The molecule has 1 amide bonds. The summed E-state index contributed by atoms with van der Waals surface area (Å²) in [6.45, 7) is 10.0. The second-order valence-electron chi connectivity index (χ2n) is 6.91. The molecular weight excluding hydrogens is 255 g/mol. The van der Waals surface area contributed by atoms with Crippen molar-refractivity contribution in [1.29, 1.82) is 0 Å². The van der Waals surface area contributed by atoms with Crippen molar-refractivity contribution in [2.45, 2.75) is 40.7 Å². The third-order valence-corrected chi connectivity index (χ3v) is 3.47. The maximum atomic E-state index is 13.0. The number of halogens is 1. The van der Waals surface area contributed by atoms with Gasteiger partial charge in [0.1, 0.15) is 5.82 Å². The van der Waals surface area contributed by atoms with Crippen molar-refractivity contribution in [3.63, 3.8) is 0 Å². The van der Waals surface area contributed by atoms with Gasteiger partial charge in [0.15, 0.2) is 0 Å². The van der Waals surface area contributed by atoms with Crippen molar-refractivity contribution in [2.75, 3.05) is 6.54 Å². The quantitative estimate of drug-likeness (QED) is 0.890. The minimum absolute atomic E-state index is 0.0933. The number of nitrogens with one attached hydrogen (secondary N) is 1. The van der Waals surface area contributed by atoms with Crippen molar-refractivity contribution >= 4 is 5.91 Å². The molecule has 1 aromatic carbocycles. The van der Waals surface area contributed by atoms with E-state index in [1.165, 1.54) is 12.1 Å². The second-order valence-corrected chi connectivity index (χ2v) is 6.91. The van der Waals surface area contributed by atoms with Gasteiger partial charge in [-0.05, 0) is 37.0 Å². The van der Waals surface area contributed by atoms with Gasteiger partial charge in [0.25, 0.3) is 0 Å². The Hall–Kier alpha value is -1.42. The molecular formula is C16H25FN2O. The molecule has 0 heterocycles. The molecule has 0 saturated heterocycles. The van der Waals surface area contributed by atoms with Crippen LogP contribution < -0.4 is 11.1 Å². The summed E-state index contributed by atoms with van der Waals surface area (Å²) in [4.78, 5) is 12.3. The summed E-state index contributed by atoms with van der Waals surface area (Å²) in [5, 5.41) is 3.04. The van der Waals surface area contributed by atoms with Gasteiger partial charge in [-0.3, -0.25) is 4.79 Å². The van der Waals surface area contributed by atoms with E-state index in [4.69, 9.17) is 5.73 Å². The van der Waals surface area contributed by atoms with Crippen LogP contribution in [-0.4, -0.2) is 12.5 Å². The van der Waals surface area contributed by atoms with Gasteiger partial charge in [-0.2, -0.15) is 0 Å². The lowest BCUT2D eigenvalue weighted by atomic mass is 9.81. The molecule has 20 heavy (non-hydrogen) atoms. The molecule has 1 aromatic rings. The van der Waals surface area contributed by atoms with Crippen molar-refractivity contribution in [3.05, 3.63) is 35.6 Å². The third-order valence-electron chi connectivity index (χ3n) is 3.47. The third kappa shape index (κ3) is 4.04. The molecule has 4 heteroatoms. The first-order valence-corrected chi connectivity index (χ1v) is 6.84. The van der Waals surface area contributed by atoms with Crippen molar-refractivity contribution in [1.82, 2.24) is 5.32 Å². The normalized spacial score (nSPS) is 13.9. The van der Waals surface area contributed by atoms with Gasteiger partial charge in [0.05, 0.1) is 11.5 Å². The first kappa shape index (κ1) is 16.6. The highest BCUT2D eigenvalue weighted by Gasteiger charge is 2.33. The lowest BCUT2D eigenvalue weighted by Gasteiger charge is -2.34. The lowest BCUT2D eigenvalue weighted by Crippen LogP contribution is -2.46. The van der Waals surface area contributed by atoms with Gasteiger partial charge in [0.2, 0.25) is 5.91 Å². The van der Waals surface area contributed by atoms with Crippen molar-refractivity contribution in [2.24, 2.45) is 16.6 Å². The van der Waals surface area contributed by atoms with E-state index < -0.39 is 5.41 Å². The Bertz CT molecular complexity index is 460. The van der Waals surface area contributed by atoms with Crippen LogP contribution in [0.4, 0.5) is 4.39 Å². The van der Waals surface area contributed by atoms with Gasteiger partial charge in [0, 0.05) is 6.54 Å². The lowest BCUT2D eigenvalue weighted by molar-refractivity contribution is -0.130. The maximum absolute atomic E-state index is 13.0. The molecule has 0 saturated carbocycles. The highest BCUT2D eigenvalue weighted by molar-refractivity contribution is 5.82. The molecule has 1 rings (SSSR count). The molecule has 112 valence electrons. The molecule has 0 bridgehead atoms. The second kappa shape index (κ2) is 5.92. The molecule has 0 aliphatic rings. The first-order valence-electron chi connectivity index (χ1n) is 6.84. The average molecular weight is 280 g/mol. The van der Waals surface area contributed by atoms with E-state index in [0.29, 0.717) is 0 Å². The summed E-state index contributed by atoms with van der Waals surface area (Å²) in [5.41, 5.74) is 5.73. The maximum Gasteiger partial charge on any atom is 0.227 e. The van der Waals surface area contributed by atoms with Crippen LogP contribution in [0.5, 0.6) is 0 Å². The first-order chi connectivity index (χ1) is 9.08. The molecule has 1 unspecified atom stereocenters. The monoisotopic (exact) mass is 280 g/mol. The predicted octanol–water partition coefficient (Wildman–Crippen LogP) is 3.01. The summed E-state index contributed by atoms with van der Waals surface area (Å²) in [6.07, 6.45) is 0. The zero-order chi connectivity index (χ0) is 15.6. The summed E-state index contributed by atoms with van der Waals surface area (Å²) in [5.74, 6) is -0.376. The highest BCUT2D eigenvalue weighted by atomic mass is 19.1. The molecule has 0 radical (unpaired) electrons. The van der Waals surface area contributed by atoms with Crippen LogP contribution in [0.25, 0.3) is 0 Å².